The van der Waals surface area contributed by atoms with Gasteiger partial charge in [0.1, 0.15) is 10.6 Å². The van der Waals surface area contributed by atoms with Gasteiger partial charge in [-0.2, -0.15) is 4.37 Å². The SMILES string of the molecule is CCc1nsc2c1C(=O)c1cccc(O)c1C2=O. The zero-order valence-corrected chi connectivity index (χ0v) is 10.4. The van der Waals surface area contributed by atoms with Crippen LogP contribution in [0, 0.1) is 0 Å². The molecule has 4 nitrogen and oxygen atoms in total. The van der Waals surface area contributed by atoms with Crippen molar-refractivity contribution in [3.8, 4) is 5.75 Å². The van der Waals surface area contributed by atoms with Gasteiger partial charge in [-0.25, -0.2) is 0 Å². The maximum Gasteiger partial charge on any atom is 0.209 e. The van der Waals surface area contributed by atoms with Gasteiger partial charge in [0.2, 0.25) is 5.78 Å². The van der Waals surface area contributed by atoms with Gasteiger partial charge >= 0.3 is 0 Å². The van der Waals surface area contributed by atoms with Gasteiger partial charge < -0.3 is 5.11 Å². The van der Waals surface area contributed by atoms with Gasteiger partial charge in [-0.05, 0) is 24.0 Å². The number of hydrogen-bond donors (Lipinski definition) is 1. The van der Waals surface area contributed by atoms with Gasteiger partial charge in [0.15, 0.2) is 5.78 Å². The van der Waals surface area contributed by atoms with E-state index < -0.39 is 0 Å². The molecule has 90 valence electrons. The molecule has 0 spiro atoms. The van der Waals surface area contributed by atoms with Crippen molar-refractivity contribution in [3.63, 3.8) is 0 Å². The lowest BCUT2D eigenvalue weighted by atomic mass is 9.87. The third kappa shape index (κ3) is 1.28. The maximum atomic E-state index is 12.3. The largest absolute Gasteiger partial charge is 0.507 e. The third-order valence-corrected chi connectivity index (χ3v) is 3.93. The Bertz CT molecular complexity index is 688. The van der Waals surface area contributed by atoms with E-state index >= 15 is 0 Å². The van der Waals surface area contributed by atoms with Gasteiger partial charge in [-0.1, -0.05) is 19.1 Å². The summed E-state index contributed by atoms with van der Waals surface area (Å²) in [5.41, 5.74) is 1.43. The molecule has 18 heavy (non-hydrogen) atoms. The summed E-state index contributed by atoms with van der Waals surface area (Å²) in [7, 11) is 0. The first-order valence-corrected chi connectivity index (χ1v) is 6.32. The molecule has 1 N–H and O–H groups in total. The molecule has 0 radical (unpaired) electrons. The number of nitrogens with zero attached hydrogens (tertiary/aromatic N) is 1. The molecule has 0 saturated carbocycles. The van der Waals surface area contributed by atoms with Crippen molar-refractivity contribution < 1.29 is 14.7 Å². The van der Waals surface area contributed by atoms with Crippen molar-refractivity contribution in [1.82, 2.24) is 4.37 Å². The number of rotatable bonds is 1. The lowest BCUT2D eigenvalue weighted by molar-refractivity contribution is 0.0979. The second kappa shape index (κ2) is 3.74. The van der Waals surface area contributed by atoms with E-state index in [1.54, 1.807) is 12.1 Å². The molecule has 5 heteroatoms. The minimum absolute atomic E-state index is 0.0984. The molecule has 1 aromatic heterocycles. The molecule has 1 aliphatic rings. The van der Waals surface area contributed by atoms with Crippen molar-refractivity contribution >= 4 is 23.1 Å². The van der Waals surface area contributed by atoms with Gasteiger partial charge in [0, 0.05) is 5.56 Å². The average Bonchev–Trinajstić information content (AvgIpc) is 2.80. The summed E-state index contributed by atoms with van der Waals surface area (Å²) in [6, 6.07) is 4.54. The monoisotopic (exact) mass is 259 g/mol. The van der Waals surface area contributed by atoms with Crippen molar-refractivity contribution in [3.05, 3.63) is 45.5 Å². The molecule has 2 aromatic rings. The first-order valence-electron chi connectivity index (χ1n) is 5.55. The Morgan fingerprint density at radius 2 is 2.00 bits per heavy atom. The standard InChI is InChI=1S/C13H9NO3S/c1-2-7-10-11(16)6-4-3-5-8(15)9(6)12(17)13(10)18-14-7/h3-5,15H,2H2,1H3. The predicted molar refractivity (Wildman–Crippen MR) is 66.5 cm³/mol. The summed E-state index contributed by atoms with van der Waals surface area (Å²) in [4.78, 5) is 25.0. The van der Waals surface area contributed by atoms with E-state index in [-0.39, 0.29) is 28.4 Å². The quantitative estimate of drug-likeness (QED) is 0.727. The van der Waals surface area contributed by atoms with Crippen molar-refractivity contribution in [1.29, 1.82) is 0 Å². The number of phenols is 1. The highest BCUT2D eigenvalue weighted by molar-refractivity contribution is 7.09. The van der Waals surface area contributed by atoms with Crippen LogP contribution in [0.15, 0.2) is 18.2 Å². The first-order chi connectivity index (χ1) is 8.65. The zero-order valence-electron chi connectivity index (χ0n) is 9.56. The average molecular weight is 259 g/mol. The summed E-state index contributed by atoms with van der Waals surface area (Å²) in [5, 5.41) is 9.75. The second-order valence-corrected chi connectivity index (χ2v) is 4.82. The van der Waals surface area contributed by atoms with Crippen molar-refractivity contribution in [2.24, 2.45) is 0 Å². The fraction of sp³-hybridized carbons (Fsp3) is 0.154. The number of carbonyl (C=O) groups is 2. The number of phenolic OH excluding ortho intramolecular Hbond substituents is 1. The minimum atomic E-state index is -0.310. The zero-order chi connectivity index (χ0) is 12.9. The fourth-order valence-corrected chi connectivity index (χ4v) is 3.08. The molecule has 0 fully saturated rings. The second-order valence-electron chi connectivity index (χ2n) is 4.04. The normalized spacial score (nSPS) is 13.4. The van der Waals surface area contributed by atoms with Crippen LogP contribution in [0.4, 0.5) is 0 Å². The first kappa shape index (κ1) is 11.1. The minimum Gasteiger partial charge on any atom is -0.507 e. The van der Waals surface area contributed by atoms with Crippen LogP contribution < -0.4 is 0 Å². The molecule has 0 saturated heterocycles. The van der Waals surface area contributed by atoms with Crippen LogP contribution in [0.25, 0.3) is 0 Å². The van der Waals surface area contributed by atoms with Crippen LogP contribution in [-0.4, -0.2) is 21.0 Å². The molecule has 0 atom stereocenters. The number of ketones is 2. The van der Waals surface area contributed by atoms with Gasteiger partial charge in [0.05, 0.1) is 16.8 Å². The predicted octanol–water partition coefficient (Wildman–Crippen LogP) is 2.19. The highest BCUT2D eigenvalue weighted by Crippen LogP contribution is 2.35. The Balaban J connectivity index is 2.34. The summed E-state index contributed by atoms with van der Waals surface area (Å²) < 4.78 is 4.15. The Kier molecular flexibility index (Phi) is 2.31. The lowest BCUT2D eigenvalue weighted by Gasteiger charge is -2.15. The van der Waals surface area contributed by atoms with Crippen molar-refractivity contribution in [2.75, 3.05) is 0 Å². The van der Waals surface area contributed by atoms with E-state index in [1.165, 1.54) is 6.07 Å². The lowest BCUT2D eigenvalue weighted by Crippen LogP contribution is -2.20. The molecule has 1 aliphatic carbocycles. The number of carbonyl (C=O) groups excluding carboxylic acids is 2. The molecule has 0 amide bonds. The molecule has 1 aromatic carbocycles. The highest BCUT2D eigenvalue weighted by Gasteiger charge is 2.35. The molecule has 0 unspecified atom stereocenters. The number of benzene rings is 1. The van der Waals surface area contributed by atoms with Crippen LogP contribution in [0.1, 0.15) is 43.8 Å². The Morgan fingerprint density at radius 3 is 2.72 bits per heavy atom. The Labute approximate surface area is 107 Å². The van der Waals surface area contributed by atoms with Gasteiger partial charge in [-0.3, -0.25) is 9.59 Å². The van der Waals surface area contributed by atoms with E-state index in [9.17, 15) is 14.7 Å². The number of aryl methyl sites for hydroxylation is 1. The molecular formula is C13H9NO3S. The van der Waals surface area contributed by atoms with E-state index in [0.29, 0.717) is 22.6 Å². The molecular weight excluding hydrogens is 250 g/mol. The molecule has 0 aliphatic heterocycles. The van der Waals surface area contributed by atoms with Crippen molar-refractivity contribution in [2.45, 2.75) is 13.3 Å². The third-order valence-electron chi connectivity index (χ3n) is 3.05. The highest BCUT2D eigenvalue weighted by atomic mass is 32.1. The smallest absolute Gasteiger partial charge is 0.209 e. The van der Waals surface area contributed by atoms with E-state index in [4.69, 9.17) is 0 Å². The van der Waals surface area contributed by atoms with Crippen LogP contribution >= 0.6 is 11.5 Å². The number of hydrogen-bond acceptors (Lipinski definition) is 5. The van der Waals surface area contributed by atoms with Crippen LogP contribution in [0.5, 0.6) is 5.75 Å². The van der Waals surface area contributed by atoms with Crippen LogP contribution in [0.2, 0.25) is 0 Å². The van der Waals surface area contributed by atoms with E-state index in [0.717, 1.165) is 11.5 Å². The Morgan fingerprint density at radius 1 is 1.22 bits per heavy atom. The fourth-order valence-electron chi connectivity index (χ4n) is 2.17. The number of fused-ring (bicyclic) bond motifs is 2. The molecule has 3 rings (SSSR count). The molecule has 0 bridgehead atoms. The number of aromatic nitrogens is 1. The molecule has 1 heterocycles. The summed E-state index contributed by atoms with van der Waals surface area (Å²) in [6.07, 6.45) is 0.610. The number of aromatic hydroxyl groups is 1. The maximum absolute atomic E-state index is 12.3. The summed E-state index contributed by atoms with van der Waals surface area (Å²) in [6.45, 7) is 1.89. The van der Waals surface area contributed by atoms with E-state index in [2.05, 4.69) is 4.37 Å². The van der Waals surface area contributed by atoms with Crippen LogP contribution in [-0.2, 0) is 6.42 Å². The van der Waals surface area contributed by atoms with Crippen LogP contribution in [0.3, 0.4) is 0 Å². The topological polar surface area (TPSA) is 67.3 Å². The summed E-state index contributed by atoms with van der Waals surface area (Å²) >= 11 is 1.03. The summed E-state index contributed by atoms with van der Waals surface area (Å²) in [5.74, 6) is -0.682. The van der Waals surface area contributed by atoms with Gasteiger partial charge in [-0.15, -0.1) is 0 Å². The van der Waals surface area contributed by atoms with E-state index in [1.807, 2.05) is 6.92 Å². The Hall–Kier alpha value is -2.01. The van der Waals surface area contributed by atoms with Gasteiger partial charge in [0.25, 0.3) is 0 Å².